The Balaban J connectivity index is 2.15. The van der Waals surface area contributed by atoms with Gasteiger partial charge in [-0.05, 0) is 52.1 Å². The van der Waals surface area contributed by atoms with Gasteiger partial charge >= 0.3 is 0 Å². The number of likely N-dealkylation sites (N-methyl/N-ethyl adjacent to an activating group) is 2. The lowest BCUT2D eigenvalue weighted by molar-refractivity contribution is -0.146. The van der Waals surface area contributed by atoms with Gasteiger partial charge in [0.1, 0.15) is 0 Å². The lowest BCUT2D eigenvalue weighted by atomic mass is 9.90. The Labute approximate surface area is 281 Å². The van der Waals surface area contributed by atoms with E-state index in [9.17, 15) is 24.3 Å². The van der Waals surface area contributed by atoms with Gasteiger partial charge in [0, 0.05) is 27.8 Å². The van der Waals surface area contributed by atoms with Crippen LogP contribution in [0.2, 0.25) is 0 Å². The average Bonchev–Trinajstić information content (AvgIpc) is 3.56. The van der Waals surface area contributed by atoms with Crippen molar-refractivity contribution in [1.82, 2.24) is 25.8 Å². The van der Waals surface area contributed by atoms with Crippen molar-refractivity contribution >= 4 is 23.6 Å². The summed E-state index contributed by atoms with van der Waals surface area (Å²) < 4.78 is 11.8. The van der Waals surface area contributed by atoms with Crippen molar-refractivity contribution in [2.75, 3.05) is 41.4 Å². The second-order valence-corrected chi connectivity index (χ2v) is 13.4. The Morgan fingerprint density at radius 2 is 1.72 bits per heavy atom. The largest absolute Gasteiger partial charge is 0.386 e. The van der Waals surface area contributed by atoms with Crippen LogP contribution in [0.5, 0.6) is 0 Å². The van der Waals surface area contributed by atoms with Gasteiger partial charge in [-0.2, -0.15) is 0 Å². The minimum Gasteiger partial charge on any atom is -0.386 e. The molecule has 0 aromatic heterocycles. The van der Waals surface area contributed by atoms with E-state index >= 15 is 0 Å². The minimum absolute atomic E-state index is 0.00388. The average molecular weight is 662 g/mol. The molecule has 1 aromatic carbocycles. The minimum atomic E-state index is -0.871. The lowest BCUT2D eigenvalue weighted by Gasteiger charge is -2.39. The van der Waals surface area contributed by atoms with Crippen LogP contribution < -0.4 is 16.0 Å². The number of nitrogens with one attached hydrogen (secondary N) is 3. The van der Waals surface area contributed by atoms with E-state index in [1.54, 1.807) is 65.8 Å². The zero-order valence-corrected chi connectivity index (χ0v) is 30.0. The molecule has 266 valence electrons. The van der Waals surface area contributed by atoms with Gasteiger partial charge in [0.25, 0.3) is 0 Å². The monoisotopic (exact) mass is 661 g/mol. The van der Waals surface area contributed by atoms with Gasteiger partial charge in [-0.25, -0.2) is 0 Å². The number of benzene rings is 1. The summed E-state index contributed by atoms with van der Waals surface area (Å²) in [7, 11) is 6.45. The molecule has 12 heteroatoms. The third kappa shape index (κ3) is 10.5. The molecule has 8 atom stereocenters. The number of aliphatic hydroxyl groups excluding tert-OH is 1. The second-order valence-electron chi connectivity index (χ2n) is 13.4. The van der Waals surface area contributed by atoms with Gasteiger partial charge in [0.2, 0.25) is 23.6 Å². The highest BCUT2D eigenvalue weighted by molar-refractivity contribution is 5.89. The summed E-state index contributed by atoms with van der Waals surface area (Å²) in [6.45, 7) is 11.4. The van der Waals surface area contributed by atoms with Gasteiger partial charge in [-0.1, -0.05) is 57.5 Å². The van der Waals surface area contributed by atoms with E-state index in [1.807, 2.05) is 44.2 Å². The first-order valence-corrected chi connectivity index (χ1v) is 16.8. The third-order valence-electron chi connectivity index (χ3n) is 9.88. The molecule has 1 fully saturated rings. The van der Waals surface area contributed by atoms with Crippen molar-refractivity contribution in [3.63, 3.8) is 0 Å². The Kier molecular flexibility index (Phi) is 15.8. The zero-order chi connectivity index (χ0) is 35.5. The van der Waals surface area contributed by atoms with Crippen LogP contribution in [0.3, 0.4) is 0 Å². The van der Waals surface area contributed by atoms with Crippen LogP contribution in [0.25, 0.3) is 0 Å². The van der Waals surface area contributed by atoms with E-state index in [0.29, 0.717) is 18.5 Å². The number of rotatable bonds is 18. The number of nitrogens with zero attached hydrogens (tertiary/aromatic N) is 2. The smallest absolute Gasteiger partial charge is 0.242 e. The highest BCUT2D eigenvalue weighted by Gasteiger charge is 2.42. The number of hydrogen-bond donors (Lipinski definition) is 4. The second kappa shape index (κ2) is 18.5. The molecule has 1 heterocycles. The highest BCUT2D eigenvalue weighted by Crippen LogP contribution is 2.29. The van der Waals surface area contributed by atoms with E-state index < -0.39 is 41.9 Å². The van der Waals surface area contributed by atoms with Gasteiger partial charge in [-0.3, -0.25) is 19.2 Å². The summed E-state index contributed by atoms with van der Waals surface area (Å²) in [4.78, 5) is 56.5. The van der Waals surface area contributed by atoms with Crippen molar-refractivity contribution < 1.29 is 33.8 Å². The Morgan fingerprint density at radius 3 is 2.28 bits per heavy atom. The molecule has 1 saturated heterocycles. The van der Waals surface area contributed by atoms with Gasteiger partial charge in [-0.15, -0.1) is 0 Å². The number of hydrogen-bond acceptors (Lipinski definition) is 8. The van der Waals surface area contributed by atoms with Gasteiger partial charge in [0.15, 0.2) is 0 Å². The molecule has 0 spiro atoms. The van der Waals surface area contributed by atoms with Crippen LogP contribution in [0.4, 0.5) is 0 Å². The molecule has 47 heavy (non-hydrogen) atoms. The molecule has 4 amide bonds. The summed E-state index contributed by atoms with van der Waals surface area (Å²) in [5.41, 5.74) is -0.121. The van der Waals surface area contributed by atoms with Gasteiger partial charge < -0.3 is 40.3 Å². The summed E-state index contributed by atoms with van der Waals surface area (Å²) in [6, 6.07) is 7.89. The fourth-order valence-electron chi connectivity index (χ4n) is 6.31. The molecule has 1 aliphatic heterocycles. The van der Waals surface area contributed by atoms with Crippen LogP contribution in [0.15, 0.2) is 30.3 Å². The first-order valence-electron chi connectivity index (χ1n) is 16.8. The van der Waals surface area contributed by atoms with Crippen molar-refractivity contribution in [3.8, 4) is 0 Å². The number of likely N-dealkylation sites (tertiary alicyclic amines) is 1. The molecule has 0 bridgehead atoms. The Bertz CT molecular complexity index is 1170. The number of carbonyl (C=O) groups is 4. The molecule has 12 nitrogen and oxygen atoms in total. The standard InChI is InChI=1S/C35H59N5O7/c1-11-22(2)30(39(8)29(42)21-37-34(45)35(5,6)36-7)27(46-9)20-28(41)40-19-15-18-26(40)32(47-10)23(3)33(44)38-24(4)31(43)25-16-13-12-14-17-25/h12-14,16-17,22-24,26-27,30-32,36,43H,11,15,18-21H2,1-10H3,(H,37,45)(H,38,44). The van der Waals surface area contributed by atoms with E-state index in [4.69, 9.17) is 9.47 Å². The van der Waals surface area contributed by atoms with Crippen LogP contribution in [-0.2, 0) is 28.7 Å². The quantitative estimate of drug-likeness (QED) is 0.187. The molecule has 1 aromatic rings. The number of ether oxygens (including phenoxy) is 2. The number of methoxy groups -OCH3 is 2. The highest BCUT2D eigenvalue weighted by atomic mass is 16.5. The number of carbonyl (C=O) groups excluding carboxylic acids is 4. The van der Waals surface area contributed by atoms with Crippen molar-refractivity contribution in [2.45, 2.75) is 109 Å². The maximum atomic E-state index is 13.9. The fourth-order valence-corrected chi connectivity index (χ4v) is 6.31. The van der Waals surface area contributed by atoms with Crippen molar-refractivity contribution in [1.29, 1.82) is 0 Å². The maximum absolute atomic E-state index is 13.9. The predicted octanol–water partition coefficient (Wildman–Crippen LogP) is 2.26. The molecular formula is C35H59N5O7. The summed E-state index contributed by atoms with van der Waals surface area (Å²) in [6.07, 6.45) is 0.193. The van der Waals surface area contributed by atoms with Crippen molar-refractivity contribution in [3.05, 3.63) is 35.9 Å². The van der Waals surface area contributed by atoms with E-state index in [2.05, 4.69) is 16.0 Å². The third-order valence-corrected chi connectivity index (χ3v) is 9.88. The first kappa shape index (κ1) is 40.1. The molecule has 2 rings (SSSR count). The molecule has 0 saturated carbocycles. The molecule has 1 aliphatic rings. The summed E-state index contributed by atoms with van der Waals surface area (Å²) >= 11 is 0. The zero-order valence-electron chi connectivity index (χ0n) is 30.0. The van der Waals surface area contributed by atoms with Crippen LogP contribution >= 0.6 is 0 Å². The lowest BCUT2D eigenvalue weighted by Crippen LogP contribution is -2.56. The van der Waals surface area contributed by atoms with E-state index in [1.165, 1.54) is 0 Å². The predicted molar refractivity (Wildman–Crippen MR) is 181 cm³/mol. The van der Waals surface area contributed by atoms with E-state index in [0.717, 1.165) is 12.8 Å². The SMILES string of the molecule is CCC(C)C(C(CC(=O)N1CCCC1C(OC)C(C)C(=O)NC(C)C(O)c1ccccc1)OC)N(C)C(=O)CNC(=O)C(C)(C)NC. The summed E-state index contributed by atoms with van der Waals surface area (Å²) in [5, 5.41) is 19.3. The normalized spacial score (nSPS) is 19.6. The van der Waals surface area contributed by atoms with E-state index in [-0.39, 0.29) is 48.6 Å². The molecule has 8 unspecified atom stereocenters. The first-order chi connectivity index (χ1) is 22.1. The molecular weight excluding hydrogens is 602 g/mol. The van der Waals surface area contributed by atoms with Gasteiger partial charge in [0.05, 0.1) is 60.9 Å². The summed E-state index contributed by atoms with van der Waals surface area (Å²) in [5.74, 6) is -1.57. The molecule has 0 aliphatic carbocycles. The van der Waals surface area contributed by atoms with Crippen molar-refractivity contribution in [2.24, 2.45) is 11.8 Å². The maximum Gasteiger partial charge on any atom is 0.242 e. The topological polar surface area (TPSA) is 150 Å². The van der Waals surface area contributed by atoms with Crippen LogP contribution in [0.1, 0.15) is 78.9 Å². The Hall–Kier alpha value is -3.06. The molecule has 0 radical (unpaired) electrons. The fraction of sp³-hybridized carbons (Fsp3) is 0.714. The molecule has 4 N–H and O–H groups in total. The van der Waals surface area contributed by atoms with Crippen LogP contribution in [0, 0.1) is 11.8 Å². The van der Waals surface area contributed by atoms with Crippen LogP contribution in [-0.4, -0.2) is 116 Å². The number of amides is 4. The number of aliphatic hydroxyl groups is 1. The Morgan fingerprint density at radius 1 is 1.09 bits per heavy atom.